The number of urea groups is 1. The molecule has 24 heavy (non-hydrogen) atoms. The Bertz CT molecular complexity index is 875. The molecular formula is C18H16N2O4. The summed E-state index contributed by atoms with van der Waals surface area (Å²) in [5.41, 5.74) is 0.553. The van der Waals surface area contributed by atoms with Crippen LogP contribution in [0.5, 0.6) is 5.75 Å². The highest BCUT2D eigenvalue weighted by Gasteiger charge is 2.38. The van der Waals surface area contributed by atoms with Gasteiger partial charge in [-0.2, -0.15) is 0 Å². The molecule has 0 atom stereocenters. The van der Waals surface area contributed by atoms with Gasteiger partial charge < -0.3 is 4.74 Å². The Balaban J connectivity index is 2.24. The van der Waals surface area contributed by atoms with Gasteiger partial charge in [0.1, 0.15) is 11.3 Å². The molecule has 6 nitrogen and oxygen atoms in total. The highest BCUT2D eigenvalue weighted by atomic mass is 16.5. The number of barbiturate groups is 1. The number of methoxy groups -OCH3 is 1. The van der Waals surface area contributed by atoms with Crippen molar-refractivity contribution in [1.82, 2.24) is 9.80 Å². The van der Waals surface area contributed by atoms with Crippen molar-refractivity contribution < 1.29 is 19.1 Å². The Morgan fingerprint density at radius 2 is 1.54 bits per heavy atom. The number of carbonyl (C=O) groups is 3. The van der Waals surface area contributed by atoms with Gasteiger partial charge in [-0.3, -0.25) is 19.4 Å². The van der Waals surface area contributed by atoms with Gasteiger partial charge in [0.25, 0.3) is 11.8 Å². The van der Waals surface area contributed by atoms with Crippen LogP contribution in [0.1, 0.15) is 5.56 Å². The minimum absolute atomic E-state index is 0.0748. The first-order valence-electron chi connectivity index (χ1n) is 7.33. The van der Waals surface area contributed by atoms with Crippen molar-refractivity contribution in [3.05, 3.63) is 47.5 Å². The third kappa shape index (κ3) is 2.32. The second-order valence-electron chi connectivity index (χ2n) is 5.47. The number of imide groups is 2. The summed E-state index contributed by atoms with van der Waals surface area (Å²) in [6.45, 7) is 0. The smallest absolute Gasteiger partial charge is 0.333 e. The van der Waals surface area contributed by atoms with Crippen LogP contribution in [0.2, 0.25) is 0 Å². The average Bonchev–Trinajstić information content (AvgIpc) is 2.61. The summed E-state index contributed by atoms with van der Waals surface area (Å²) in [6.07, 6.45) is 1.49. The van der Waals surface area contributed by atoms with E-state index in [0.29, 0.717) is 11.3 Å². The number of benzene rings is 2. The third-order valence-electron chi connectivity index (χ3n) is 4.08. The summed E-state index contributed by atoms with van der Waals surface area (Å²) in [5, 5.41) is 1.81. The summed E-state index contributed by atoms with van der Waals surface area (Å²) in [7, 11) is 4.22. The van der Waals surface area contributed by atoms with Crippen molar-refractivity contribution in [3.8, 4) is 5.75 Å². The van der Waals surface area contributed by atoms with Crippen LogP contribution in [0, 0.1) is 0 Å². The first-order chi connectivity index (χ1) is 11.5. The van der Waals surface area contributed by atoms with E-state index in [1.807, 2.05) is 30.3 Å². The van der Waals surface area contributed by atoms with Crippen molar-refractivity contribution in [1.29, 1.82) is 0 Å². The van der Waals surface area contributed by atoms with E-state index in [1.54, 1.807) is 6.07 Å². The normalized spacial score (nSPS) is 15.3. The molecule has 0 aliphatic carbocycles. The maximum absolute atomic E-state index is 12.4. The minimum Gasteiger partial charge on any atom is -0.496 e. The first kappa shape index (κ1) is 15.7. The van der Waals surface area contributed by atoms with Crippen LogP contribution >= 0.6 is 0 Å². The van der Waals surface area contributed by atoms with E-state index in [9.17, 15) is 14.4 Å². The first-order valence-corrected chi connectivity index (χ1v) is 7.33. The highest BCUT2D eigenvalue weighted by Crippen LogP contribution is 2.31. The number of nitrogens with zero attached hydrogens (tertiary/aromatic N) is 2. The molecule has 0 aromatic heterocycles. The van der Waals surface area contributed by atoms with Crippen LogP contribution < -0.4 is 4.74 Å². The predicted molar refractivity (Wildman–Crippen MR) is 89.4 cm³/mol. The molecule has 122 valence electrons. The SMILES string of the molecule is COc1ccc2ccccc2c1C=C1C(=O)N(C)C(=O)N(C)C1=O. The number of hydrogen-bond donors (Lipinski definition) is 0. The molecule has 1 fully saturated rings. The average molecular weight is 324 g/mol. The number of fused-ring (bicyclic) bond motifs is 1. The van der Waals surface area contributed by atoms with Crippen molar-refractivity contribution >= 4 is 34.7 Å². The van der Waals surface area contributed by atoms with Crippen molar-refractivity contribution in [2.45, 2.75) is 0 Å². The molecule has 1 aliphatic rings. The molecule has 2 aromatic rings. The van der Waals surface area contributed by atoms with E-state index in [0.717, 1.165) is 20.6 Å². The number of amides is 4. The fraction of sp³-hybridized carbons (Fsp3) is 0.167. The fourth-order valence-electron chi connectivity index (χ4n) is 2.72. The van der Waals surface area contributed by atoms with Gasteiger partial charge in [0.05, 0.1) is 7.11 Å². The zero-order valence-corrected chi connectivity index (χ0v) is 13.6. The van der Waals surface area contributed by atoms with Gasteiger partial charge >= 0.3 is 6.03 Å². The molecule has 1 saturated heterocycles. The van der Waals surface area contributed by atoms with Crippen LogP contribution in [0.15, 0.2) is 42.0 Å². The molecule has 0 bridgehead atoms. The zero-order chi connectivity index (χ0) is 17.4. The molecule has 0 spiro atoms. The van der Waals surface area contributed by atoms with Crippen LogP contribution in [0.25, 0.3) is 16.8 Å². The van der Waals surface area contributed by atoms with Crippen LogP contribution in [0.3, 0.4) is 0 Å². The Labute approximate surface area is 138 Å². The van der Waals surface area contributed by atoms with Gasteiger partial charge in [-0.15, -0.1) is 0 Å². The standard InChI is InChI=1S/C18H16N2O4/c1-19-16(21)14(17(22)20(2)18(19)23)10-13-12-7-5-4-6-11(12)8-9-15(13)24-3/h4-10H,1-3H3. The van der Waals surface area contributed by atoms with E-state index >= 15 is 0 Å². The maximum Gasteiger partial charge on any atom is 0.333 e. The van der Waals surface area contributed by atoms with Crippen molar-refractivity contribution in [2.24, 2.45) is 0 Å². The Morgan fingerprint density at radius 1 is 0.917 bits per heavy atom. The highest BCUT2D eigenvalue weighted by molar-refractivity contribution is 6.31. The number of likely N-dealkylation sites (N-methyl/N-ethyl adjacent to an activating group) is 2. The second kappa shape index (κ2) is 5.81. The predicted octanol–water partition coefficient (Wildman–Crippen LogP) is 2.28. The van der Waals surface area contributed by atoms with Crippen LogP contribution in [-0.2, 0) is 9.59 Å². The van der Waals surface area contributed by atoms with E-state index in [1.165, 1.54) is 27.3 Å². The molecule has 4 amide bonds. The van der Waals surface area contributed by atoms with E-state index < -0.39 is 17.8 Å². The van der Waals surface area contributed by atoms with Crippen LogP contribution in [-0.4, -0.2) is 48.9 Å². The Morgan fingerprint density at radius 3 is 2.17 bits per heavy atom. The van der Waals surface area contributed by atoms with Gasteiger partial charge in [0.2, 0.25) is 0 Å². The lowest BCUT2D eigenvalue weighted by Gasteiger charge is -2.29. The monoisotopic (exact) mass is 324 g/mol. The molecule has 3 rings (SSSR count). The van der Waals surface area contributed by atoms with E-state index in [4.69, 9.17) is 4.74 Å². The van der Waals surface area contributed by atoms with Crippen molar-refractivity contribution in [3.63, 3.8) is 0 Å². The number of carbonyl (C=O) groups excluding carboxylic acids is 3. The van der Waals surface area contributed by atoms with Crippen LogP contribution in [0.4, 0.5) is 4.79 Å². The van der Waals surface area contributed by atoms with Gasteiger partial charge in [-0.1, -0.05) is 30.3 Å². The van der Waals surface area contributed by atoms with E-state index in [2.05, 4.69) is 0 Å². The van der Waals surface area contributed by atoms with Crippen molar-refractivity contribution in [2.75, 3.05) is 21.2 Å². The quantitative estimate of drug-likeness (QED) is 0.628. The molecule has 0 N–H and O–H groups in total. The minimum atomic E-state index is -0.646. The number of hydrogen-bond acceptors (Lipinski definition) is 4. The number of rotatable bonds is 2. The van der Waals surface area contributed by atoms with Gasteiger partial charge in [-0.05, 0) is 22.9 Å². The zero-order valence-electron chi connectivity index (χ0n) is 13.6. The molecule has 0 saturated carbocycles. The van der Waals surface area contributed by atoms with Gasteiger partial charge in [0.15, 0.2) is 0 Å². The Hall–Kier alpha value is -3.15. The van der Waals surface area contributed by atoms with E-state index in [-0.39, 0.29) is 5.57 Å². The third-order valence-corrected chi connectivity index (χ3v) is 4.08. The lowest BCUT2D eigenvalue weighted by molar-refractivity contribution is -0.134. The largest absolute Gasteiger partial charge is 0.496 e. The Kier molecular flexibility index (Phi) is 3.81. The molecule has 6 heteroatoms. The summed E-state index contributed by atoms with van der Waals surface area (Å²) in [6, 6.07) is 10.6. The molecular weight excluding hydrogens is 308 g/mol. The topological polar surface area (TPSA) is 66.9 Å². The molecule has 0 radical (unpaired) electrons. The molecule has 1 aliphatic heterocycles. The summed E-state index contributed by atoms with van der Waals surface area (Å²) in [5.74, 6) is -0.708. The molecule has 0 unspecified atom stereocenters. The maximum atomic E-state index is 12.4. The van der Waals surface area contributed by atoms with Gasteiger partial charge in [0, 0.05) is 19.7 Å². The molecule has 2 aromatic carbocycles. The summed E-state index contributed by atoms with van der Waals surface area (Å²) >= 11 is 0. The number of ether oxygens (including phenoxy) is 1. The second-order valence-corrected chi connectivity index (χ2v) is 5.47. The lowest BCUT2D eigenvalue weighted by atomic mass is 9.99. The summed E-state index contributed by atoms with van der Waals surface area (Å²) < 4.78 is 5.38. The lowest BCUT2D eigenvalue weighted by Crippen LogP contribution is -2.52. The summed E-state index contributed by atoms with van der Waals surface area (Å²) in [4.78, 5) is 38.4. The van der Waals surface area contributed by atoms with Gasteiger partial charge in [-0.25, -0.2) is 4.79 Å². The molecule has 1 heterocycles. The fourth-order valence-corrected chi connectivity index (χ4v) is 2.72.